The van der Waals surface area contributed by atoms with Crippen LogP contribution in [-0.4, -0.2) is 32.7 Å². The third-order valence-corrected chi connectivity index (χ3v) is 5.13. The van der Waals surface area contributed by atoms with Crippen molar-refractivity contribution in [3.63, 3.8) is 0 Å². The summed E-state index contributed by atoms with van der Waals surface area (Å²) in [5.74, 6) is 2.01. The zero-order valence-corrected chi connectivity index (χ0v) is 12.8. The summed E-state index contributed by atoms with van der Waals surface area (Å²) in [6, 6.07) is 0.638. The van der Waals surface area contributed by atoms with Crippen LogP contribution in [0.4, 0.5) is 5.82 Å². The van der Waals surface area contributed by atoms with E-state index in [1.54, 1.807) is 6.33 Å². The van der Waals surface area contributed by atoms with Crippen LogP contribution < -0.4 is 4.90 Å². The van der Waals surface area contributed by atoms with Gasteiger partial charge in [0.15, 0.2) is 0 Å². The van der Waals surface area contributed by atoms with E-state index < -0.39 is 0 Å². The van der Waals surface area contributed by atoms with Crippen LogP contribution in [0.1, 0.15) is 56.2 Å². The van der Waals surface area contributed by atoms with Crippen LogP contribution in [0.3, 0.4) is 0 Å². The zero-order valence-electron chi connectivity index (χ0n) is 12.8. The number of aromatic nitrogens is 4. The second kappa shape index (κ2) is 5.28. The van der Waals surface area contributed by atoms with E-state index in [1.165, 1.54) is 62.0 Å². The number of nitrogens with zero attached hydrogens (tertiary/aromatic N) is 5. The summed E-state index contributed by atoms with van der Waals surface area (Å²) in [7, 11) is 2.24. The van der Waals surface area contributed by atoms with Crippen molar-refractivity contribution in [2.75, 3.05) is 11.9 Å². The Labute approximate surface area is 125 Å². The van der Waals surface area contributed by atoms with Gasteiger partial charge in [-0.05, 0) is 38.5 Å². The summed E-state index contributed by atoms with van der Waals surface area (Å²) in [4.78, 5) is 11.5. The first kappa shape index (κ1) is 13.0. The average molecular weight is 285 g/mol. The first-order chi connectivity index (χ1) is 10.3. The number of aryl methyl sites for hydroxylation is 1. The molecule has 0 radical (unpaired) electrons. The lowest BCUT2D eigenvalue weighted by atomic mass is 9.92. The molecule has 1 saturated carbocycles. The van der Waals surface area contributed by atoms with Gasteiger partial charge in [-0.3, -0.25) is 0 Å². The summed E-state index contributed by atoms with van der Waals surface area (Å²) >= 11 is 0. The summed E-state index contributed by atoms with van der Waals surface area (Å²) in [5.41, 5.74) is 2.66. The highest BCUT2D eigenvalue weighted by Gasteiger charge is 2.26. The minimum atomic E-state index is 0.638. The Morgan fingerprint density at radius 2 is 1.90 bits per heavy atom. The van der Waals surface area contributed by atoms with E-state index in [0.717, 1.165) is 18.6 Å². The quantitative estimate of drug-likeness (QED) is 0.851. The van der Waals surface area contributed by atoms with Crippen molar-refractivity contribution < 1.29 is 0 Å². The molecule has 0 bridgehead atoms. The molecule has 2 heterocycles. The van der Waals surface area contributed by atoms with E-state index in [2.05, 4.69) is 22.0 Å². The maximum Gasteiger partial charge on any atom is 0.254 e. The van der Waals surface area contributed by atoms with Crippen molar-refractivity contribution in [2.24, 2.45) is 0 Å². The van der Waals surface area contributed by atoms with Gasteiger partial charge < -0.3 is 4.90 Å². The van der Waals surface area contributed by atoms with Gasteiger partial charge in [0.05, 0.1) is 5.69 Å². The van der Waals surface area contributed by atoms with Crippen LogP contribution in [-0.2, 0) is 12.8 Å². The Morgan fingerprint density at radius 1 is 1.10 bits per heavy atom. The highest BCUT2D eigenvalue weighted by atomic mass is 15.4. The fourth-order valence-corrected chi connectivity index (χ4v) is 3.97. The van der Waals surface area contributed by atoms with E-state index in [0.29, 0.717) is 6.04 Å². The lowest BCUT2D eigenvalue weighted by Crippen LogP contribution is -2.36. The van der Waals surface area contributed by atoms with Gasteiger partial charge in [0.2, 0.25) is 0 Å². The predicted molar refractivity (Wildman–Crippen MR) is 82.7 cm³/mol. The van der Waals surface area contributed by atoms with E-state index >= 15 is 0 Å². The summed E-state index contributed by atoms with van der Waals surface area (Å²) in [6.45, 7) is 0. The number of anilines is 1. The first-order valence-corrected chi connectivity index (χ1v) is 8.29. The molecule has 2 aromatic heterocycles. The molecule has 5 nitrogen and oxygen atoms in total. The van der Waals surface area contributed by atoms with E-state index in [4.69, 9.17) is 4.98 Å². The van der Waals surface area contributed by atoms with Crippen LogP contribution in [0.25, 0.3) is 5.78 Å². The minimum absolute atomic E-state index is 0.638. The zero-order chi connectivity index (χ0) is 14.2. The molecule has 2 aliphatic carbocycles. The highest BCUT2D eigenvalue weighted by molar-refractivity contribution is 5.55. The van der Waals surface area contributed by atoms with Crippen molar-refractivity contribution in [1.29, 1.82) is 0 Å². The van der Waals surface area contributed by atoms with E-state index in [1.807, 2.05) is 4.52 Å². The molecular weight excluding hydrogens is 262 g/mol. The molecule has 1 fully saturated rings. The fraction of sp³-hybridized carbons (Fsp3) is 0.688. The van der Waals surface area contributed by atoms with Crippen molar-refractivity contribution in [1.82, 2.24) is 19.6 Å². The largest absolute Gasteiger partial charge is 0.356 e. The molecule has 0 unspecified atom stereocenters. The Balaban J connectivity index is 1.83. The fourth-order valence-electron chi connectivity index (χ4n) is 3.97. The second-order valence-corrected chi connectivity index (χ2v) is 6.44. The maximum atomic E-state index is 4.73. The SMILES string of the molecule is CN(c1c2c(nc3ncnn13)CCCC2)C1CCCCC1. The molecule has 4 rings (SSSR count). The van der Waals surface area contributed by atoms with Crippen LogP contribution in [0.2, 0.25) is 0 Å². The van der Waals surface area contributed by atoms with E-state index in [-0.39, 0.29) is 0 Å². The van der Waals surface area contributed by atoms with Crippen LogP contribution in [0, 0.1) is 0 Å². The third-order valence-electron chi connectivity index (χ3n) is 5.13. The molecule has 2 aromatic rings. The molecule has 0 amide bonds. The third kappa shape index (κ3) is 2.19. The number of fused-ring (bicyclic) bond motifs is 2. The van der Waals surface area contributed by atoms with Gasteiger partial charge in [-0.1, -0.05) is 19.3 Å². The monoisotopic (exact) mass is 285 g/mol. The lowest BCUT2D eigenvalue weighted by molar-refractivity contribution is 0.423. The van der Waals surface area contributed by atoms with Gasteiger partial charge in [-0.15, -0.1) is 0 Å². The van der Waals surface area contributed by atoms with Crippen molar-refractivity contribution in [2.45, 2.75) is 63.8 Å². The van der Waals surface area contributed by atoms with Crippen LogP contribution in [0.5, 0.6) is 0 Å². The smallest absolute Gasteiger partial charge is 0.254 e. The molecule has 5 heteroatoms. The molecule has 0 saturated heterocycles. The number of hydrogen-bond donors (Lipinski definition) is 0. The lowest BCUT2D eigenvalue weighted by Gasteiger charge is -2.35. The van der Waals surface area contributed by atoms with Gasteiger partial charge >= 0.3 is 0 Å². The second-order valence-electron chi connectivity index (χ2n) is 6.44. The Hall–Kier alpha value is -1.65. The maximum absolute atomic E-state index is 4.73. The van der Waals surface area contributed by atoms with Crippen molar-refractivity contribution in [3.8, 4) is 0 Å². The average Bonchev–Trinajstić information content (AvgIpc) is 3.00. The predicted octanol–water partition coefficient (Wildman–Crippen LogP) is 2.77. The number of hydrogen-bond acceptors (Lipinski definition) is 4. The molecular formula is C16H23N5. The molecule has 0 N–H and O–H groups in total. The summed E-state index contributed by atoms with van der Waals surface area (Å²) in [5, 5.41) is 4.44. The summed E-state index contributed by atoms with van der Waals surface area (Å²) in [6.07, 6.45) is 13.0. The Kier molecular flexibility index (Phi) is 3.28. The van der Waals surface area contributed by atoms with Gasteiger partial charge in [-0.25, -0.2) is 4.98 Å². The summed E-state index contributed by atoms with van der Waals surface area (Å²) < 4.78 is 1.96. The first-order valence-electron chi connectivity index (χ1n) is 8.29. The van der Waals surface area contributed by atoms with Crippen LogP contribution in [0.15, 0.2) is 6.33 Å². The molecule has 21 heavy (non-hydrogen) atoms. The van der Waals surface area contributed by atoms with Gasteiger partial charge in [0.1, 0.15) is 12.1 Å². The van der Waals surface area contributed by atoms with Crippen LogP contribution >= 0.6 is 0 Å². The normalized spacial score (nSPS) is 19.7. The molecule has 0 aromatic carbocycles. The number of rotatable bonds is 2. The molecule has 0 aliphatic heterocycles. The Morgan fingerprint density at radius 3 is 2.76 bits per heavy atom. The van der Waals surface area contributed by atoms with Gasteiger partial charge in [0, 0.05) is 18.7 Å². The minimum Gasteiger partial charge on any atom is -0.356 e. The van der Waals surface area contributed by atoms with E-state index in [9.17, 15) is 0 Å². The van der Waals surface area contributed by atoms with Crippen molar-refractivity contribution >= 4 is 11.6 Å². The van der Waals surface area contributed by atoms with Crippen molar-refractivity contribution in [3.05, 3.63) is 17.6 Å². The topological polar surface area (TPSA) is 46.3 Å². The Bertz CT molecular complexity index is 641. The van der Waals surface area contributed by atoms with Gasteiger partial charge in [-0.2, -0.15) is 14.6 Å². The molecule has 0 spiro atoms. The standard InChI is InChI=1S/C16H23N5/c1-20(12-7-3-2-4-8-12)15-13-9-5-6-10-14(13)19-16-17-11-18-21(15)16/h11-12H,2-10H2,1H3. The molecule has 0 atom stereocenters. The molecule has 2 aliphatic rings. The van der Waals surface area contributed by atoms with Gasteiger partial charge in [0.25, 0.3) is 5.78 Å². The molecule has 112 valence electrons. The highest BCUT2D eigenvalue weighted by Crippen LogP contribution is 2.32.